The number of hydrogen-bond acceptors (Lipinski definition) is 4. The van der Waals surface area contributed by atoms with Gasteiger partial charge in [0.1, 0.15) is 4.90 Å². The molecule has 0 saturated heterocycles. The Kier molecular flexibility index (Phi) is 5.44. The van der Waals surface area contributed by atoms with Gasteiger partial charge in [-0.3, -0.25) is 14.5 Å². The third-order valence-electron chi connectivity index (χ3n) is 5.05. The highest BCUT2D eigenvalue weighted by Crippen LogP contribution is 2.23. The van der Waals surface area contributed by atoms with Gasteiger partial charge in [-0.15, -0.1) is 0 Å². The molecule has 0 aliphatic rings. The van der Waals surface area contributed by atoms with E-state index in [9.17, 15) is 13.2 Å². The summed E-state index contributed by atoms with van der Waals surface area (Å²) < 4.78 is 28.4. The van der Waals surface area contributed by atoms with Crippen LogP contribution in [0.5, 0.6) is 0 Å². The molecular formula is C24H21N3O3S. The van der Waals surface area contributed by atoms with Crippen LogP contribution in [0.3, 0.4) is 0 Å². The van der Waals surface area contributed by atoms with Crippen molar-refractivity contribution in [1.29, 1.82) is 0 Å². The molecule has 4 rings (SSSR count). The molecule has 0 aliphatic carbocycles. The number of benzene rings is 3. The number of anilines is 2. The fourth-order valence-corrected chi connectivity index (χ4v) is 4.45. The summed E-state index contributed by atoms with van der Waals surface area (Å²) in [6.07, 6.45) is 1.56. The monoisotopic (exact) mass is 431 g/mol. The van der Waals surface area contributed by atoms with Crippen LogP contribution < -0.4 is 10.0 Å². The lowest BCUT2D eigenvalue weighted by Gasteiger charge is -2.11. The van der Waals surface area contributed by atoms with Crippen LogP contribution in [0.15, 0.2) is 83.9 Å². The van der Waals surface area contributed by atoms with E-state index in [4.69, 9.17) is 0 Å². The molecule has 31 heavy (non-hydrogen) atoms. The maximum atomic E-state index is 12.9. The van der Waals surface area contributed by atoms with Gasteiger partial charge in [-0.1, -0.05) is 24.3 Å². The van der Waals surface area contributed by atoms with Gasteiger partial charge in [0.25, 0.3) is 15.9 Å². The maximum Gasteiger partial charge on any atom is 0.264 e. The molecule has 0 bridgehead atoms. The quantitative estimate of drug-likeness (QED) is 0.470. The predicted molar refractivity (Wildman–Crippen MR) is 123 cm³/mol. The smallest absolute Gasteiger partial charge is 0.264 e. The highest BCUT2D eigenvalue weighted by molar-refractivity contribution is 7.93. The molecule has 0 radical (unpaired) electrons. The second kappa shape index (κ2) is 8.20. The van der Waals surface area contributed by atoms with Crippen molar-refractivity contribution >= 4 is 38.2 Å². The molecule has 4 aromatic rings. The van der Waals surface area contributed by atoms with Crippen molar-refractivity contribution in [1.82, 2.24) is 4.98 Å². The Hall–Kier alpha value is -3.71. The molecule has 0 fully saturated rings. The molecule has 0 spiro atoms. The van der Waals surface area contributed by atoms with E-state index in [0.717, 1.165) is 16.5 Å². The topological polar surface area (TPSA) is 88.2 Å². The van der Waals surface area contributed by atoms with Crippen LogP contribution in [-0.4, -0.2) is 19.3 Å². The first-order valence-electron chi connectivity index (χ1n) is 9.69. The highest BCUT2D eigenvalue weighted by Gasteiger charge is 2.18. The summed E-state index contributed by atoms with van der Waals surface area (Å²) in [6, 6.07) is 20.6. The van der Waals surface area contributed by atoms with E-state index >= 15 is 0 Å². The predicted octanol–water partition coefficient (Wildman–Crippen LogP) is 4.90. The van der Waals surface area contributed by atoms with Gasteiger partial charge in [-0.25, -0.2) is 8.42 Å². The number of nitrogens with zero attached hydrogens (tertiary/aromatic N) is 1. The zero-order valence-electron chi connectivity index (χ0n) is 17.1. The lowest BCUT2D eigenvalue weighted by atomic mass is 10.1. The summed E-state index contributed by atoms with van der Waals surface area (Å²) in [5, 5.41) is 3.59. The van der Waals surface area contributed by atoms with Gasteiger partial charge in [0.15, 0.2) is 0 Å². The van der Waals surface area contributed by atoms with Gasteiger partial charge in [0.2, 0.25) is 0 Å². The fraction of sp³-hybridized carbons (Fsp3) is 0.0833. The number of aromatic nitrogens is 1. The average molecular weight is 432 g/mol. The van der Waals surface area contributed by atoms with Crippen molar-refractivity contribution < 1.29 is 13.2 Å². The lowest BCUT2D eigenvalue weighted by Crippen LogP contribution is -2.15. The molecule has 1 heterocycles. The number of hydrogen-bond donors (Lipinski definition) is 2. The van der Waals surface area contributed by atoms with Crippen LogP contribution in [0, 0.1) is 13.8 Å². The number of rotatable bonds is 5. The summed E-state index contributed by atoms with van der Waals surface area (Å²) in [5.41, 5.74) is 4.13. The highest BCUT2D eigenvalue weighted by atomic mass is 32.2. The molecule has 0 aliphatic heterocycles. The SMILES string of the molecule is Cc1ccc(NC(=O)c2ccc(NS(=O)(=O)c3cccc4cccnc34)cc2)cc1C. The van der Waals surface area contributed by atoms with Crippen LogP contribution >= 0.6 is 0 Å². The summed E-state index contributed by atoms with van der Waals surface area (Å²) >= 11 is 0. The third kappa shape index (κ3) is 4.41. The number of carbonyl (C=O) groups excluding carboxylic acids is 1. The summed E-state index contributed by atoms with van der Waals surface area (Å²) in [6.45, 7) is 3.99. The molecule has 6 nitrogen and oxygen atoms in total. The fourth-order valence-electron chi connectivity index (χ4n) is 3.22. The number of sulfonamides is 1. The Morgan fingerprint density at radius 2 is 1.55 bits per heavy atom. The van der Waals surface area contributed by atoms with Crippen LogP contribution in [-0.2, 0) is 10.0 Å². The zero-order valence-corrected chi connectivity index (χ0v) is 17.9. The number of carbonyl (C=O) groups is 1. The van der Waals surface area contributed by atoms with Crippen molar-refractivity contribution in [3.05, 3.63) is 95.7 Å². The van der Waals surface area contributed by atoms with E-state index in [2.05, 4.69) is 15.0 Å². The van der Waals surface area contributed by atoms with Crippen LogP contribution in [0.1, 0.15) is 21.5 Å². The molecule has 156 valence electrons. The van der Waals surface area contributed by atoms with Crippen molar-refractivity contribution in [2.24, 2.45) is 0 Å². The summed E-state index contributed by atoms with van der Waals surface area (Å²) in [7, 11) is -3.84. The van der Waals surface area contributed by atoms with Gasteiger partial charge in [0.05, 0.1) is 5.52 Å². The second-order valence-corrected chi connectivity index (χ2v) is 8.92. The molecule has 7 heteroatoms. The van der Waals surface area contributed by atoms with Gasteiger partial charge in [-0.2, -0.15) is 0 Å². The normalized spacial score (nSPS) is 11.3. The number of para-hydroxylation sites is 1. The first-order valence-corrected chi connectivity index (χ1v) is 11.2. The van der Waals surface area contributed by atoms with Crippen molar-refractivity contribution in [3.8, 4) is 0 Å². The first kappa shape index (κ1) is 20.6. The minimum atomic E-state index is -3.84. The van der Waals surface area contributed by atoms with Crippen LogP contribution in [0.25, 0.3) is 10.9 Å². The van der Waals surface area contributed by atoms with Gasteiger partial charge in [-0.05, 0) is 73.5 Å². The average Bonchev–Trinajstić information content (AvgIpc) is 2.76. The number of aryl methyl sites for hydroxylation is 2. The molecule has 3 aromatic carbocycles. The number of pyridine rings is 1. The van der Waals surface area contributed by atoms with E-state index in [1.165, 1.54) is 6.07 Å². The van der Waals surface area contributed by atoms with Gasteiger partial charge in [0, 0.05) is 28.5 Å². The molecular weight excluding hydrogens is 410 g/mol. The van der Waals surface area contributed by atoms with E-state index in [1.807, 2.05) is 44.2 Å². The van der Waals surface area contributed by atoms with Crippen LogP contribution in [0.4, 0.5) is 11.4 Å². The molecule has 1 amide bonds. The van der Waals surface area contributed by atoms with E-state index in [1.54, 1.807) is 42.6 Å². The van der Waals surface area contributed by atoms with Crippen LogP contribution in [0.2, 0.25) is 0 Å². The van der Waals surface area contributed by atoms with Gasteiger partial charge >= 0.3 is 0 Å². The zero-order chi connectivity index (χ0) is 22.0. The minimum Gasteiger partial charge on any atom is -0.322 e. The largest absolute Gasteiger partial charge is 0.322 e. The van der Waals surface area contributed by atoms with E-state index in [0.29, 0.717) is 22.5 Å². The maximum absolute atomic E-state index is 12.9. The Morgan fingerprint density at radius 1 is 0.839 bits per heavy atom. The van der Waals surface area contributed by atoms with Crippen molar-refractivity contribution in [2.75, 3.05) is 10.0 Å². The standard InChI is InChI=1S/C24H21N3O3S/c1-16-8-11-21(15-17(16)2)26-24(28)19-9-12-20(13-10-19)27-31(29,30)22-7-3-5-18-6-4-14-25-23(18)22/h3-15,27H,1-2H3,(H,26,28). The van der Waals surface area contributed by atoms with E-state index in [-0.39, 0.29) is 10.8 Å². The molecule has 0 atom stereocenters. The lowest BCUT2D eigenvalue weighted by molar-refractivity contribution is 0.102. The number of nitrogens with one attached hydrogen (secondary N) is 2. The third-order valence-corrected chi connectivity index (χ3v) is 6.46. The molecule has 0 saturated carbocycles. The Labute approximate surface area is 181 Å². The second-order valence-electron chi connectivity index (χ2n) is 7.27. The Morgan fingerprint density at radius 3 is 2.29 bits per heavy atom. The molecule has 2 N–H and O–H groups in total. The molecule has 0 unspecified atom stereocenters. The van der Waals surface area contributed by atoms with Gasteiger partial charge < -0.3 is 5.32 Å². The summed E-state index contributed by atoms with van der Waals surface area (Å²) in [5.74, 6) is -0.268. The van der Waals surface area contributed by atoms with E-state index < -0.39 is 10.0 Å². The number of fused-ring (bicyclic) bond motifs is 1. The Bertz CT molecular complexity index is 1380. The minimum absolute atomic E-state index is 0.0992. The molecule has 1 aromatic heterocycles. The van der Waals surface area contributed by atoms with Crippen molar-refractivity contribution in [3.63, 3.8) is 0 Å². The first-order chi connectivity index (χ1) is 14.8. The Balaban J connectivity index is 1.52. The summed E-state index contributed by atoms with van der Waals surface area (Å²) in [4.78, 5) is 16.8. The number of amides is 1. The van der Waals surface area contributed by atoms with Crippen molar-refractivity contribution in [2.45, 2.75) is 18.7 Å².